The van der Waals surface area contributed by atoms with Crippen LogP contribution in [0.4, 0.5) is 0 Å². The van der Waals surface area contributed by atoms with Gasteiger partial charge in [-0.25, -0.2) is 0 Å². The van der Waals surface area contributed by atoms with Crippen molar-refractivity contribution in [3.8, 4) is 5.75 Å². The highest BCUT2D eigenvalue weighted by atomic mass is 16.5. The fourth-order valence-electron chi connectivity index (χ4n) is 4.17. The van der Waals surface area contributed by atoms with Gasteiger partial charge in [-0.1, -0.05) is 18.2 Å². The van der Waals surface area contributed by atoms with E-state index in [9.17, 15) is 0 Å². The molecule has 1 aromatic rings. The number of nitrogens with zero attached hydrogens (tertiary/aromatic N) is 1. The van der Waals surface area contributed by atoms with Crippen molar-refractivity contribution in [2.75, 3.05) is 40.5 Å². The van der Waals surface area contributed by atoms with Crippen LogP contribution in [-0.4, -0.2) is 51.0 Å². The molecule has 0 unspecified atom stereocenters. The van der Waals surface area contributed by atoms with Gasteiger partial charge in [-0.15, -0.1) is 0 Å². The second kappa shape index (κ2) is 7.65. The summed E-state index contributed by atoms with van der Waals surface area (Å²) in [6.07, 6.45) is 4.59. The van der Waals surface area contributed by atoms with Crippen LogP contribution in [0.1, 0.15) is 31.2 Å². The minimum atomic E-state index is 0.107. The third-order valence-electron chi connectivity index (χ3n) is 5.56. The van der Waals surface area contributed by atoms with E-state index in [0.29, 0.717) is 5.92 Å². The third-order valence-corrected chi connectivity index (χ3v) is 5.56. The highest BCUT2D eigenvalue weighted by Gasteiger charge is 2.45. The normalized spacial score (nSPS) is 24.2. The quantitative estimate of drug-likeness (QED) is 0.806. The number of methoxy groups -OCH3 is 2. The van der Waals surface area contributed by atoms with Crippen molar-refractivity contribution in [1.29, 1.82) is 0 Å². The average Bonchev–Trinajstić information content (AvgIpc) is 2.98. The van der Waals surface area contributed by atoms with E-state index in [-0.39, 0.29) is 5.60 Å². The molecule has 4 heteroatoms. The van der Waals surface area contributed by atoms with Gasteiger partial charge in [0.25, 0.3) is 0 Å². The van der Waals surface area contributed by atoms with Gasteiger partial charge >= 0.3 is 0 Å². The van der Waals surface area contributed by atoms with E-state index in [2.05, 4.69) is 17.0 Å². The Morgan fingerprint density at radius 2 is 2.00 bits per heavy atom. The molecule has 1 spiro atoms. The number of piperidine rings is 1. The monoisotopic (exact) mass is 319 g/mol. The first kappa shape index (κ1) is 16.7. The zero-order chi connectivity index (χ0) is 16.1. The van der Waals surface area contributed by atoms with E-state index < -0.39 is 0 Å². The Hall–Kier alpha value is -1.10. The predicted molar refractivity (Wildman–Crippen MR) is 90.8 cm³/mol. The molecule has 0 N–H and O–H groups in total. The van der Waals surface area contributed by atoms with Crippen LogP contribution >= 0.6 is 0 Å². The standard InChI is InChI=1S/C19H29NO3/c1-21-13-7-17-8-14-23-19(17)9-11-20(12-10-19)15-16-5-3-4-6-18(16)22-2/h3-6,17H,7-15H2,1-2H3/t17-/m1/s1. The maximum Gasteiger partial charge on any atom is 0.123 e. The molecule has 2 fully saturated rings. The predicted octanol–water partition coefficient (Wildman–Crippen LogP) is 3.10. The smallest absolute Gasteiger partial charge is 0.123 e. The van der Waals surface area contributed by atoms with Crippen molar-refractivity contribution in [3.63, 3.8) is 0 Å². The summed E-state index contributed by atoms with van der Waals surface area (Å²) >= 11 is 0. The van der Waals surface area contributed by atoms with Crippen molar-refractivity contribution in [2.45, 2.75) is 37.8 Å². The first-order valence-electron chi connectivity index (χ1n) is 8.74. The highest BCUT2D eigenvalue weighted by Crippen LogP contribution is 2.42. The summed E-state index contributed by atoms with van der Waals surface area (Å²) in [6, 6.07) is 8.32. The molecule has 128 valence electrons. The van der Waals surface area contributed by atoms with Gasteiger partial charge in [-0.2, -0.15) is 0 Å². The molecule has 0 radical (unpaired) electrons. The molecule has 2 aliphatic heterocycles. The number of ether oxygens (including phenoxy) is 3. The zero-order valence-electron chi connectivity index (χ0n) is 14.4. The number of hydrogen-bond acceptors (Lipinski definition) is 4. The number of likely N-dealkylation sites (tertiary alicyclic amines) is 1. The minimum absolute atomic E-state index is 0.107. The van der Waals surface area contributed by atoms with Crippen LogP contribution in [0.15, 0.2) is 24.3 Å². The van der Waals surface area contributed by atoms with Crippen LogP contribution in [0.3, 0.4) is 0 Å². The fraction of sp³-hybridized carbons (Fsp3) is 0.684. The molecule has 0 aliphatic carbocycles. The van der Waals surface area contributed by atoms with Gasteiger partial charge < -0.3 is 14.2 Å². The molecular weight excluding hydrogens is 290 g/mol. The number of benzene rings is 1. The molecule has 0 amide bonds. The number of rotatable bonds is 6. The van der Waals surface area contributed by atoms with E-state index in [1.165, 1.54) is 12.0 Å². The Morgan fingerprint density at radius 1 is 1.22 bits per heavy atom. The summed E-state index contributed by atoms with van der Waals surface area (Å²) in [6.45, 7) is 4.92. The lowest BCUT2D eigenvalue weighted by Crippen LogP contribution is -2.47. The van der Waals surface area contributed by atoms with Crippen molar-refractivity contribution in [2.24, 2.45) is 5.92 Å². The molecule has 2 saturated heterocycles. The van der Waals surface area contributed by atoms with Crippen LogP contribution < -0.4 is 4.74 Å². The van der Waals surface area contributed by atoms with E-state index in [1.54, 1.807) is 14.2 Å². The van der Waals surface area contributed by atoms with E-state index in [1.807, 2.05) is 12.1 Å². The van der Waals surface area contributed by atoms with Crippen LogP contribution in [0.2, 0.25) is 0 Å². The van der Waals surface area contributed by atoms with Gasteiger partial charge in [0.15, 0.2) is 0 Å². The van der Waals surface area contributed by atoms with Gasteiger partial charge in [-0.3, -0.25) is 4.90 Å². The second-order valence-electron chi connectivity index (χ2n) is 6.77. The van der Waals surface area contributed by atoms with Gasteiger partial charge in [0.1, 0.15) is 5.75 Å². The lowest BCUT2D eigenvalue weighted by Gasteiger charge is -2.42. The van der Waals surface area contributed by atoms with Crippen LogP contribution in [-0.2, 0) is 16.0 Å². The second-order valence-corrected chi connectivity index (χ2v) is 6.77. The SMILES string of the molecule is COCC[C@@H]1CCOC12CCN(Cc1ccccc1OC)CC2. The summed E-state index contributed by atoms with van der Waals surface area (Å²) in [5, 5.41) is 0. The molecule has 0 saturated carbocycles. The molecule has 0 aromatic heterocycles. The van der Waals surface area contributed by atoms with Crippen molar-refractivity contribution in [3.05, 3.63) is 29.8 Å². The van der Waals surface area contributed by atoms with Gasteiger partial charge in [0, 0.05) is 45.5 Å². The molecule has 4 nitrogen and oxygen atoms in total. The largest absolute Gasteiger partial charge is 0.496 e. The highest BCUT2D eigenvalue weighted by molar-refractivity contribution is 5.33. The van der Waals surface area contributed by atoms with Gasteiger partial charge in [0.2, 0.25) is 0 Å². The Balaban J connectivity index is 1.57. The number of hydrogen-bond donors (Lipinski definition) is 0. The summed E-state index contributed by atoms with van der Waals surface area (Å²) in [4.78, 5) is 2.53. The Morgan fingerprint density at radius 3 is 2.74 bits per heavy atom. The molecule has 3 rings (SSSR count). The first-order valence-corrected chi connectivity index (χ1v) is 8.74. The van der Waals surface area contributed by atoms with Gasteiger partial charge in [-0.05, 0) is 37.7 Å². The lowest BCUT2D eigenvalue weighted by molar-refractivity contribution is -0.0721. The summed E-state index contributed by atoms with van der Waals surface area (Å²) in [5.74, 6) is 1.65. The van der Waals surface area contributed by atoms with Crippen molar-refractivity contribution < 1.29 is 14.2 Å². The minimum Gasteiger partial charge on any atom is -0.496 e. The summed E-state index contributed by atoms with van der Waals surface area (Å²) < 4.78 is 17.0. The van der Waals surface area contributed by atoms with E-state index in [4.69, 9.17) is 14.2 Å². The molecule has 0 bridgehead atoms. The fourth-order valence-corrected chi connectivity index (χ4v) is 4.17. The summed E-state index contributed by atoms with van der Waals surface area (Å²) in [7, 11) is 3.54. The maximum absolute atomic E-state index is 6.23. The zero-order valence-corrected chi connectivity index (χ0v) is 14.4. The van der Waals surface area contributed by atoms with Crippen LogP contribution in [0, 0.1) is 5.92 Å². The molecule has 2 aliphatic rings. The van der Waals surface area contributed by atoms with E-state index >= 15 is 0 Å². The van der Waals surface area contributed by atoms with Crippen molar-refractivity contribution in [1.82, 2.24) is 4.90 Å². The number of para-hydroxylation sites is 1. The lowest BCUT2D eigenvalue weighted by atomic mass is 9.78. The third kappa shape index (κ3) is 3.70. The Labute approximate surface area is 139 Å². The van der Waals surface area contributed by atoms with Gasteiger partial charge in [0.05, 0.1) is 12.7 Å². The molecule has 2 heterocycles. The van der Waals surface area contributed by atoms with Crippen LogP contribution in [0.25, 0.3) is 0 Å². The molecular formula is C19H29NO3. The van der Waals surface area contributed by atoms with Crippen LogP contribution in [0.5, 0.6) is 5.75 Å². The first-order chi connectivity index (χ1) is 11.3. The Kier molecular flexibility index (Phi) is 5.57. The molecule has 1 atom stereocenters. The molecule has 1 aromatic carbocycles. The maximum atomic E-state index is 6.23. The van der Waals surface area contributed by atoms with E-state index in [0.717, 1.165) is 57.9 Å². The Bertz CT molecular complexity index is 497. The van der Waals surface area contributed by atoms with Crippen molar-refractivity contribution >= 4 is 0 Å². The average molecular weight is 319 g/mol. The summed E-state index contributed by atoms with van der Waals surface area (Å²) in [5.41, 5.74) is 1.38. The molecule has 23 heavy (non-hydrogen) atoms. The topological polar surface area (TPSA) is 30.9 Å².